The van der Waals surface area contributed by atoms with Crippen LogP contribution in [0.25, 0.3) is 17.0 Å². The van der Waals surface area contributed by atoms with Crippen LogP contribution in [0, 0.1) is 0 Å². The van der Waals surface area contributed by atoms with Gasteiger partial charge in [-0.15, -0.1) is 0 Å². The molecular weight excluding hydrogens is 260 g/mol. The van der Waals surface area contributed by atoms with Crippen molar-refractivity contribution in [3.05, 3.63) is 47.6 Å². The van der Waals surface area contributed by atoms with Gasteiger partial charge < -0.3 is 0 Å². The molecule has 0 unspecified atom stereocenters. The molecule has 0 spiro atoms. The summed E-state index contributed by atoms with van der Waals surface area (Å²) < 4.78 is 1.99. The fourth-order valence-corrected chi connectivity index (χ4v) is 2.29. The van der Waals surface area contributed by atoms with Crippen LogP contribution in [-0.2, 0) is 6.42 Å². The molecule has 0 aliphatic heterocycles. The maximum atomic E-state index is 6.08. The summed E-state index contributed by atoms with van der Waals surface area (Å²) in [5.41, 5.74) is 2.69. The maximum Gasteiger partial charge on any atom is 0.137 e. The van der Waals surface area contributed by atoms with Gasteiger partial charge in [0.15, 0.2) is 0 Å². The van der Waals surface area contributed by atoms with Crippen molar-refractivity contribution in [1.82, 2.24) is 19.4 Å². The van der Waals surface area contributed by atoms with Crippen molar-refractivity contribution in [1.29, 1.82) is 0 Å². The number of rotatable bonds is 3. The van der Waals surface area contributed by atoms with E-state index < -0.39 is 0 Å². The van der Waals surface area contributed by atoms with Crippen LogP contribution in [0.4, 0.5) is 0 Å². The number of aryl methyl sites for hydroxylation is 1. The molecule has 19 heavy (non-hydrogen) atoms. The number of hydrogen-bond donors (Lipinski definition) is 0. The monoisotopic (exact) mass is 272 g/mol. The number of halogens is 1. The Bertz CT molecular complexity index is 720. The first-order chi connectivity index (χ1) is 9.28. The van der Waals surface area contributed by atoms with Crippen LogP contribution in [0.3, 0.4) is 0 Å². The Morgan fingerprint density at radius 1 is 1.26 bits per heavy atom. The lowest BCUT2D eigenvalue weighted by Gasteiger charge is -2.07. The van der Waals surface area contributed by atoms with E-state index >= 15 is 0 Å². The molecule has 0 saturated carbocycles. The van der Waals surface area contributed by atoms with Crippen molar-refractivity contribution >= 4 is 17.2 Å². The fourth-order valence-electron chi connectivity index (χ4n) is 2.09. The molecule has 0 aromatic carbocycles. The lowest BCUT2D eigenvalue weighted by Crippen LogP contribution is -1.99. The molecule has 0 N–H and O–H groups in total. The molecule has 3 aromatic heterocycles. The summed E-state index contributed by atoms with van der Waals surface area (Å²) in [6.07, 6.45) is 5.51. The maximum absolute atomic E-state index is 6.08. The van der Waals surface area contributed by atoms with Gasteiger partial charge >= 0.3 is 0 Å². The van der Waals surface area contributed by atoms with Crippen molar-refractivity contribution in [3.63, 3.8) is 0 Å². The molecular formula is C14H13ClN4. The van der Waals surface area contributed by atoms with Crippen molar-refractivity contribution in [2.45, 2.75) is 19.8 Å². The van der Waals surface area contributed by atoms with Gasteiger partial charge in [0.05, 0.1) is 11.4 Å². The Balaban J connectivity index is 2.18. The minimum atomic E-state index is 0.477. The van der Waals surface area contributed by atoms with Crippen LogP contribution < -0.4 is 0 Å². The average molecular weight is 273 g/mol. The topological polar surface area (TPSA) is 43.1 Å². The van der Waals surface area contributed by atoms with E-state index in [9.17, 15) is 0 Å². The van der Waals surface area contributed by atoms with Gasteiger partial charge in [0.2, 0.25) is 0 Å². The Hall–Kier alpha value is -1.94. The van der Waals surface area contributed by atoms with Gasteiger partial charge in [-0.05, 0) is 18.6 Å². The molecule has 0 fully saturated rings. The van der Waals surface area contributed by atoms with Crippen molar-refractivity contribution in [3.8, 4) is 11.4 Å². The van der Waals surface area contributed by atoms with Crippen LogP contribution >= 0.6 is 11.6 Å². The summed E-state index contributed by atoms with van der Waals surface area (Å²) >= 11 is 6.08. The standard InChI is InChI=1S/C14H13ClN4/c1-2-4-13-17-10(9-12(15)18-13)11-5-3-6-14-16-7-8-19(11)14/h3,5-9H,2,4H2,1H3. The van der Waals surface area contributed by atoms with Crippen LogP contribution in [0.15, 0.2) is 36.7 Å². The molecule has 0 radical (unpaired) electrons. The fraction of sp³-hybridized carbons (Fsp3) is 0.214. The summed E-state index contributed by atoms with van der Waals surface area (Å²) in [5, 5.41) is 0.477. The summed E-state index contributed by atoms with van der Waals surface area (Å²) in [6, 6.07) is 7.71. The molecule has 3 heterocycles. The van der Waals surface area contributed by atoms with E-state index in [4.69, 9.17) is 11.6 Å². The molecule has 5 heteroatoms. The SMILES string of the molecule is CCCc1nc(Cl)cc(-c2cccc3nccn23)n1. The summed E-state index contributed by atoms with van der Waals surface area (Å²) in [5.74, 6) is 0.780. The number of aromatic nitrogens is 4. The number of fused-ring (bicyclic) bond motifs is 1. The molecule has 0 atom stereocenters. The molecule has 0 saturated heterocycles. The molecule has 0 amide bonds. The quantitative estimate of drug-likeness (QED) is 0.687. The van der Waals surface area contributed by atoms with E-state index in [1.165, 1.54) is 0 Å². The minimum Gasteiger partial charge on any atom is -0.298 e. The first kappa shape index (κ1) is 12.1. The minimum absolute atomic E-state index is 0.477. The van der Waals surface area contributed by atoms with Crippen LogP contribution in [-0.4, -0.2) is 19.4 Å². The third kappa shape index (κ3) is 2.31. The largest absolute Gasteiger partial charge is 0.298 e. The predicted octanol–water partition coefficient (Wildman–Crippen LogP) is 3.40. The summed E-state index contributed by atoms with van der Waals surface area (Å²) in [4.78, 5) is 13.1. The number of hydrogen-bond acceptors (Lipinski definition) is 3. The Morgan fingerprint density at radius 2 is 2.16 bits per heavy atom. The number of pyridine rings is 1. The van der Waals surface area contributed by atoms with Gasteiger partial charge in [-0.3, -0.25) is 4.40 Å². The van der Waals surface area contributed by atoms with Gasteiger partial charge in [-0.1, -0.05) is 24.6 Å². The van der Waals surface area contributed by atoms with Gasteiger partial charge in [0.1, 0.15) is 16.6 Å². The molecule has 3 aromatic rings. The van der Waals surface area contributed by atoms with Crippen molar-refractivity contribution < 1.29 is 0 Å². The second-order valence-electron chi connectivity index (χ2n) is 4.31. The normalized spacial score (nSPS) is 11.1. The Kier molecular flexibility index (Phi) is 3.17. The average Bonchev–Trinajstić information content (AvgIpc) is 2.86. The van der Waals surface area contributed by atoms with Crippen LogP contribution in [0.1, 0.15) is 19.2 Å². The molecule has 0 bridgehead atoms. The lowest BCUT2D eigenvalue weighted by molar-refractivity contribution is 0.835. The highest BCUT2D eigenvalue weighted by Gasteiger charge is 2.08. The van der Waals surface area contributed by atoms with Gasteiger partial charge in [0, 0.05) is 24.9 Å². The van der Waals surface area contributed by atoms with E-state index in [-0.39, 0.29) is 0 Å². The zero-order chi connectivity index (χ0) is 13.2. The van der Waals surface area contributed by atoms with E-state index in [1.807, 2.05) is 28.8 Å². The van der Waals surface area contributed by atoms with Crippen molar-refractivity contribution in [2.24, 2.45) is 0 Å². The smallest absolute Gasteiger partial charge is 0.137 e. The third-order valence-corrected chi connectivity index (χ3v) is 3.10. The van der Waals surface area contributed by atoms with Gasteiger partial charge in [0.25, 0.3) is 0 Å². The molecule has 0 aliphatic carbocycles. The zero-order valence-corrected chi connectivity index (χ0v) is 11.3. The highest BCUT2D eigenvalue weighted by molar-refractivity contribution is 6.29. The predicted molar refractivity (Wildman–Crippen MR) is 75.2 cm³/mol. The molecule has 4 nitrogen and oxygen atoms in total. The van der Waals surface area contributed by atoms with Gasteiger partial charge in [-0.25, -0.2) is 15.0 Å². The summed E-state index contributed by atoms with van der Waals surface area (Å²) in [7, 11) is 0. The summed E-state index contributed by atoms with van der Waals surface area (Å²) in [6.45, 7) is 2.10. The Labute approximate surface area is 116 Å². The molecule has 96 valence electrons. The Morgan fingerprint density at radius 3 is 3.00 bits per heavy atom. The van der Waals surface area contributed by atoms with E-state index in [0.717, 1.165) is 35.7 Å². The second kappa shape index (κ2) is 4.97. The molecule has 0 aliphatic rings. The third-order valence-electron chi connectivity index (χ3n) is 2.91. The van der Waals surface area contributed by atoms with E-state index in [0.29, 0.717) is 5.15 Å². The van der Waals surface area contributed by atoms with Crippen LogP contribution in [0.5, 0.6) is 0 Å². The number of nitrogens with zero attached hydrogens (tertiary/aromatic N) is 4. The molecule has 3 rings (SSSR count). The second-order valence-corrected chi connectivity index (χ2v) is 4.70. The van der Waals surface area contributed by atoms with E-state index in [2.05, 4.69) is 21.9 Å². The number of imidazole rings is 1. The van der Waals surface area contributed by atoms with Crippen molar-refractivity contribution in [2.75, 3.05) is 0 Å². The first-order valence-electron chi connectivity index (χ1n) is 6.24. The highest BCUT2D eigenvalue weighted by atomic mass is 35.5. The lowest BCUT2D eigenvalue weighted by atomic mass is 10.2. The van der Waals surface area contributed by atoms with E-state index in [1.54, 1.807) is 12.3 Å². The van der Waals surface area contributed by atoms with Crippen LogP contribution in [0.2, 0.25) is 5.15 Å². The zero-order valence-electron chi connectivity index (χ0n) is 10.5. The first-order valence-corrected chi connectivity index (χ1v) is 6.61. The van der Waals surface area contributed by atoms with Gasteiger partial charge in [-0.2, -0.15) is 0 Å². The highest BCUT2D eigenvalue weighted by Crippen LogP contribution is 2.21.